The van der Waals surface area contributed by atoms with Gasteiger partial charge in [-0.25, -0.2) is 0 Å². The molecule has 0 saturated heterocycles. The molecular weight excluding hydrogens is 246 g/mol. The first-order chi connectivity index (χ1) is 9.72. The van der Waals surface area contributed by atoms with E-state index in [1.165, 1.54) is 10.8 Å². The molecule has 0 bridgehead atoms. The average molecular weight is 261 g/mol. The Morgan fingerprint density at radius 2 is 1.80 bits per heavy atom. The van der Waals surface area contributed by atoms with Gasteiger partial charge in [-0.3, -0.25) is 9.78 Å². The zero-order valence-electron chi connectivity index (χ0n) is 11.3. The summed E-state index contributed by atoms with van der Waals surface area (Å²) < 4.78 is 0. The lowest BCUT2D eigenvalue weighted by atomic mass is 10.0. The lowest BCUT2D eigenvalue weighted by molar-refractivity contribution is 0.0992. The molecule has 0 aliphatic heterocycles. The maximum Gasteiger partial charge on any atom is 0.168 e. The normalized spacial score (nSPS) is 10.7. The molecule has 0 N–H and O–H groups in total. The van der Waals surface area contributed by atoms with Gasteiger partial charge < -0.3 is 0 Å². The molecule has 1 aromatic heterocycles. The number of ketones is 1. The number of benzene rings is 2. The standard InChI is InChI=1S/C18H15NO/c1-13-8-17(12-19-11-13)18(20)10-14-6-7-15-4-2-3-5-16(15)9-14/h2-9,11-12H,10H2,1H3. The number of rotatable bonds is 3. The third-order valence-electron chi connectivity index (χ3n) is 3.38. The van der Waals surface area contributed by atoms with Crippen LogP contribution in [0.25, 0.3) is 10.8 Å². The SMILES string of the molecule is Cc1cncc(C(=O)Cc2ccc3ccccc3c2)c1. The monoisotopic (exact) mass is 261 g/mol. The van der Waals surface area contributed by atoms with E-state index in [2.05, 4.69) is 29.2 Å². The van der Waals surface area contributed by atoms with Crippen LogP contribution in [0.2, 0.25) is 0 Å². The first-order valence-corrected chi connectivity index (χ1v) is 6.65. The van der Waals surface area contributed by atoms with Gasteiger partial charge >= 0.3 is 0 Å². The van der Waals surface area contributed by atoms with Crippen molar-refractivity contribution in [2.24, 2.45) is 0 Å². The number of hydrogen-bond acceptors (Lipinski definition) is 2. The maximum absolute atomic E-state index is 12.3. The Morgan fingerprint density at radius 3 is 2.60 bits per heavy atom. The number of pyridine rings is 1. The number of hydrogen-bond donors (Lipinski definition) is 0. The van der Waals surface area contributed by atoms with Crippen molar-refractivity contribution in [2.45, 2.75) is 13.3 Å². The molecule has 20 heavy (non-hydrogen) atoms. The van der Waals surface area contributed by atoms with Crippen LogP contribution in [-0.4, -0.2) is 10.8 Å². The molecule has 2 aromatic carbocycles. The van der Waals surface area contributed by atoms with Gasteiger partial charge in [-0.15, -0.1) is 0 Å². The van der Waals surface area contributed by atoms with Gasteiger partial charge in [0.25, 0.3) is 0 Å². The molecule has 0 saturated carbocycles. The number of Topliss-reactive ketones (excluding diaryl/α,β-unsaturated/α-hetero) is 1. The summed E-state index contributed by atoms with van der Waals surface area (Å²) in [5, 5.41) is 2.36. The number of fused-ring (bicyclic) bond motifs is 1. The largest absolute Gasteiger partial charge is 0.294 e. The summed E-state index contributed by atoms with van der Waals surface area (Å²) in [7, 11) is 0. The van der Waals surface area contributed by atoms with E-state index in [-0.39, 0.29) is 5.78 Å². The van der Waals surface area contributed by atoms with Crippen molar-refractivity contribution in [1.29, 1.82) is 0 Å². The fourth-order valence-corrected chi connectivity index (χ4v) is 2.34. The molecule has 0 radical (unpaired) electrons. The molecule has 3 rings (SSSR count). The second-order valence-corrected chi connectivity index (χ2v) is 5.03. The third kappa shape index (κ3) is 2.59. The third-order valence-corrected chi connectivity index (χ3v) is 3.38. The Labute approximate surface area is 118 Å². The van der Waals surface area contributed by atoms with Gasteiger partial charge in [0, 0.05) is 24.4 Å². The number of carbonyl (C=O) groups excluding carboxylic acids is 1. The minimum atomic E-state index is 0.108. The highest BCUT2D eigenvalue weighted by atomic mass is 16.1. The molecule has 0 aliphatic carbocycles. The van der Waals surface area contributed by atoms with Crippen LogP contribution in [0.3, 0.4) is 0 Å². The van der Waals surface area contributed by atoms with E-state index in [0.29, 0.717) is 12.0 Å². The van der Waals surface area contributed by atoms with Crippen molar-refractivity contribution in [3.05, 3.63) is 77.6 Å². The first-order valence-electron chi connectivity index (χ1n) is 6.65. The van der Waals surface area contributed by atoms with Crippen molar-refractivity contribution >= 4 is 16.6 Å². The maximum atomic E-state index is 12.3. The van der Waals surface area contributed by atoms with Crippen LogP contribution in [-0.2, 0) is 6.42 Å². The van der Waals surface area contributed by atoms with Crippen molar-refractivity contribution in [1.82, 2.24) is 4.98 Å². The van der Waals surface area contributed by atoms with Crippen LogP contribution >= 0.6 is 0 Å². The number of aromatic nitrogens is 1. The molecule has 3 aromatic rings. The molecule has 2 nitrogen and oxygen atoms in total. The lowest BCUT2D eigenvalue weighted by Gasteiger charge is -2.04. The van der Waals surface area contributed by atoms with Crippen molar-refractivity contribution < 1.29 is 4.79 Å². The van der Waals surface area contributed by atoms with Crippen LogP contribution in [0.5, 0.6) is 0 Å². The summed E-state index contributed by atoms with van der Waals surface area (Å²) in [6.07, 6.45) is 3.80. The predicted molar refractivity (Wildman–Crippen MR) is 81.0 cm³/mol. The highest BCUT2D eigenvalue weighted by Gasteiger charge is 2.08. The average Bonchev–Trinajstić information content (AvgIpc) is 2.47. The van der Waals surface area contributed by atoms with Gasteiger partial charge in [0.2, 0.25) is 0 Å². The van der Waals surface area contributed by atoms with Crippen LogP contribution in [0.4, 0.5) is 0 Å². The molecule has 0 atom stereocenters. The molecule has 2 heteroatoms. The molecule has 0 unspecified atom stereocenters. The smallest absolute Gasteiger partial charge is 0.168 e. The van der Waals surface area contributed by atoms with Gasteiger partial charge in [-0.05, 0) is 34.9 Å². The Hall–Kier alpha value is -2.48. The van der Waals surface area contributed by atoms with Gasteiger partial charge in [-0.1, -0.05) is 42.5 Å². The van der Waals surface area contributed by atoms with E-state index in [1.54, 1.807) is 12.4 Å². The number of aryl methyl sites for hydroxylation is 1. The van der Waals surface area contributed by atoms with E-state index in [4.69, 9.17) is 0 Å². The van der Waals surface area contributed by atoms with E-state index in [1.807, 2.05) is 31.2 Å². The van der Waals surface area contributed by atoms with Crippen LogP contribution < -0.4 is 0 Å². The fourth-order valence-electron chi connectivity index (χ4n) is 2.34. The van der Waals surface area contributed by atoms with Gasteiger partial charge in [-0.2, -0.15) is 0 Å². The van der Waals surface area contributed by atoms with E-state index in [0.717, 1.165) is 11.1 Å². The quantitative estimate of drug-likeness (QED) is 0.668. The highest BCUT2D eigenvalue weighted by molar-refractivity contribution is 5.98. The molecule has 0 fully saturated rings. The summed E-state index contributed by atoms with van der Waals surface area (Å²) in [6.45, 7) is 1.94. The predicted octanol–water partition coefficient (Wildman–Crippen LogP) is 3.97. The van der Waals surface area contributed by atoms with E-state index in [9.17, 15) is 4.79 Å². The van der Waals surface area contributed by atoms with Crippen LogP contribution in [0.1, 0.15) is 21.5 Å². The molecule has 1 heterocycles. The van der Waals surface area contributed by atoms with E-state index < -0.39 is 0 Å². The summed E-state index contributed by atoms with van der Waals surface area (Å²) in [6, 6.07) is 16.2. The second-order valence-electron chi connectivity index (χ2n) is 5.03. The lowest BCUT2D eigenvalue weighted by Crippen LogP contribution is -2.04. The Balaban J connectivity index is 1.87. The summed E-state index contributed by atoms with van der Waals surface area (Å²) >= 11 is 0. The van der Waals surface area contributed by atoms with E-state index >= 15 is 0 Å². The minimum absolute atomic E-state index is 0.108. The second kappa shape index (κ2) is 5.25. The minimum Gasteiger partial charge on any atom is -0.294 e. The highest BCUT2D eigenvalue weighted by Crippen LogP contribution is 2.17. The van der Waals surface area contributed by atoms with Gasteiger partial charge in [0.15, 0.2) is 5.78 Å². The van der Waals surface area contributed by atoms with Crippen molar-refractivity contribution in [2.75, 3.05) is 0 Å². The fraction of sp³-hybridized carbons (Fsp3) is 0.111. The number of nitrogens with zero attached hydrogens (tertiary/aromatic N) is 1. The first kappa shape index (κ1) is 12.5. The van der Waals surface area contributed by atoms with Gasteiger partial charge in [0.05, 0.1) is 0 Å². The Morgan fingerprint density at radius 1 is 1.00 bits per heavy atom. The Bertz CT molecular complexity index is 777. The van der Waals surface area contributed by atoms with Crippen LogP contribution in [0.15, 0.2) is 60.9 Å². The van der Waals surface area contributed by atoms with Crippen molar-refractivity contribution in [3.63, 3.8) is 0 Å². The molecular formula is C18H15NO. The van der Waals surface area contributed by atoms with Crippen molar-refractivity contribution in [3.8, 4) is 0 Å². The van der Waals surface area contributed by atoms with Crippen LogP contribution in [0, 0.1) is 6.92 Å². The summed E-state index contributed by atoms with van der Waals surface area (Å²) in [5.74, 6) is 0.108. The zero-order chi connectivity index (χ0) is 13.9. The topological polar surface area (TPSA) is 30.0 Å². The van der Waals surface area contributed by atoms with Gasteiger partial charge in [0.1, 0.15) is 0 Å². The molecule has 0 spiro atoms. The molecule has 0 aliphatic rings. The Kier molecular flexibility index (Phi) is 3.30. The number of carbonyl (C=O) groups is 1. The molecule has 0 amide bonds. The molecule has 98 valence electrons. The summed E-state index contributed by atoms with van der Waals surface area (Å²) in [4.78, 5) is 16.3. The zero-order valence-corrected chi connectivity index (χ0v) is 11.3. The summed E-state index contributed by atoms with van der Waals surface area (Å²) in [5.41, 5.74) is 2.72.